The summed E-state index contributed by atoms with van der Waals surface area (Å²) in [6.45, 7) is 2.55. The zero-order chi connectivity index (χ0) is 14.4. The molecule has 20 heavy (non-hydrogen) atoms. The van der Waals surface area contributed by atoms with Crippen molar-refractivity contribution in [2.24, 2.45) is 0 Å². The van der Waals surface area contributed by atoms with Crippen LogP contribution in [-0.2, 0) is 0 Å². The Bertz CT molecular complexity index is 582. The molecule has 1 aromatic heterocycles. The molecule has 1 heterocycles. The number of aromatic nitrogens is 3. The maximum Gasteiger partial charge on any atom is 0.322 e. The van der Waals surface area contributed by atoms with E-state index in [-0.39, 0.29) is 11.3 Å². The lowest BCUT2D eigenvalue weighted by atomic mass is 10.3. The quantitative estimate of drug-likeness (QED) is 0.819. The van der Waals surface area contributed by atoms with Crippen molar-refractivity contribution in [1.82, 2.24) is 15.0 Å². The van der Waals surface area contributed by atoms with Crippen molar-refractivity contribution in [3.05, 3.63) is 29.5 Å². The molecule has 0 aliphatic carbocycles. The van der Waals surface area contributed by atoms with Gasteiger partial charge in [-0.25, -0.2) is 0 Å². The van der Waals surface area contributed by atoms with Crippen LogP contribution in [0.4, 0.5) is 11.6 Å². The Morgan fingerprint density at radius 3 is 2.80 bits per heavy atom. The number of ether oxygens (including phenoxy) is 1. The van der Waals surface area contributed by atoms with E-state index in [0.717, 1.165) is 17.0 Å². The molecule has 1 aromatic carbocycles. The van der Waals surface area contributed by atoms with E-state index in [9.17, 15) is 0 Å². The molecule has 7 heteroatoms. The van der Waals surface area contributed by atoms with Gasteiger partial charge in [-0.2, -0.15) is 15.0 Å². The lowest BCUT2D eigenvalue weighted by Gasteiger charge is -2.10. The van der Waals surface area contributed by atoms with Crippen LogP contribution >= 0.6 is 23.4 Å². The Balaban J connectivity index is 2.22. The van der Waals surface area contributed by atoms with E-state index in [1.54, 1.807) is 11.8 Å². The van der Waals surface area contributed by atoms with Gasteiger partial charge in [0.05, 0.1) is 12.3 Å². The third-order valence-corrected chi connectivity index (χ3v) is 3.34. The molecular weight excluding hydrogens is 296 g/mol. The molecule has 0 fully saturated rings. The highest BCUT2D eigenvalue weighted by Crippen LogP contribution is 2.27. The average molecular weight is 311 g/mol. The minimum atomic E-state index is 0.107. The molecule has 0 saturated carbocycles. The zero-order valence-corrected chi connectivity index (χ0v) is 12.8. The molecule has 0 amide bonds. The van der Waals surface area contributed by atoms with Crippen LogP contribution in [0.15, 0.2) is 29.2 Å². The smallest absolute Gasteiger partial charge is 0.322 e. The molecule has 0 aliphatic rings. The summed E-state index contributed by atoms with van der Waals surface area (Å²) in [5, 5.41) is 3.24. The molecule has 0 aliphatic heterocycles. The summed E-state index contributed by atoms with van der Waals surface area (Å²) in [6, 6.07) is 8.13. The van der Waals surface area contributed by atoms with Gasteiger partial charge in [0.1, 0.15) is 0 Å². The highest BCUT2D eigenvalue weighted by Gasteiger charge is 2.08. The van der Waals surface area contributed by atoms with Crippen molar-refractivity contribution < 1.29 is 4.74 Å². The monoisotopic (exact) mass is 310 g/mol. The van der Waals surface area contributed by atoms with E-state index < -0.39 is 0 Å². The van der Waals surface area contributed by atoms with Gasteiger partial charge in [0, 0.05) is 4.90 Å². The Morgan fingerprint density at radius 2 is 2.05 bits per heavy atom. The topological polar surface area (TPSA) is 59.9 Å². The zero-order valence-electron chi connectivity index (χ0n) is 11.3. The van der Waals surface area contributed by atoms with Crippen molar-refractivity contribution in [3.8, 4) is 6.01 Å². The number of halogens is 1. The largest absolute Gasteiger partial charge is 0.463 e. The third kappa shape index (κ3) is 3.98. The van der Waals surface area contributed by atoms with Crippen LogP contribution in [0.3, 0.4) is 0 Å². The fourth-order valence-electron chi connectivity index (χ4n) is 1.51. The van der Waals surface area contributed by atoms with Gasteiger partial charge >= 0.3 is 6.01 Å². The van der Waals surface area contributed by atoms with Crippen LogP contribution in [-0.4, -0.2) is 27.8 Å². The summed E-state index contributed by atoms with van der Waals surface area (Å²) in [4.78, 5) is 13.3. The van der Waals surface area contributed by atoms with E-state index >= 15 is 0 Å². The summed E-state index contributed by atoms with van der Waals surface area (Å²) in [6.07, 6.45) is 2.89. The summed E-state index contributed by atoms with van der Waals surface area (Å²) in [7, 11) is 0. The number of hydrogen-bond acceptors (Lipinski definition) is 6. The van der Waals surface area contributed by atoms with E-state index in [0.29, 0.717) is 12.6 Å². The molecule has 2 rings (SSSR count). The number of anilines is 2. The molecule has 0 spiro atoms. The molecule has 0 saturated heterocycles. The summed E-state index contributed by atoms with van der Waals surface area (Å²) in [5.41, 5.74) is 0.920. The van der Waals surface area contributed by atoms with Crippen LogP contribution in [0.2, 0.25) is 5.28 Å². The first-order chi connectivity index (χ1) is 9.72. The summed E-state index contributed by atoms with van der Waals surface area (Å²) in [5.74, 6) is 0.373. The van der Waals surface area contributed by atoms with Crippen molar-refractivity contribution in [2.45, 2.75) is 18.2 Å². The number of rotatable bonds is 6. The molecule has 0 unspecified atom stereocenters. The summed E-state index contributed by atoms with van der Waals surface area (Å²) >= 11 is 7.52. The van der Waals surface area contributed by atoms with Crippen LogP contribution in [0.5, 0.6) is 6.01 Å². The Kier molecular flexibility index (Phi) is 5.43. The lowest BCUT2D eigenvalue weighted by molar-refractivity contribution is 0.292. The number of nitrogens with zero attached hydrogens (tertiary/aromatic N) is 3. The number of thioether (sulfide) groups is 1. The molecule has 2 aromatic rings. The molecule has 0 bridgehead atoms. The first-order valence-corrected chi connectivity index (χ1v) is 7.77. The van der Waals surface area contributed by atoms with Crippen molar-refractivity contribution in [2.75, 3.05) is 18.2 Å². The molecule has 1 N–H and O–H groups in total. The van der Waals surface area contributed by atoms with E-state index in [1.807, 2.05) is 37.4 Å². The van der Waals surface area contributed by atoms with Gasteiger partial charge in [0.25, 0.3) is 0 Å². The first kappa shape index (κ1) is 14.9. The maximum absolute atomic E-state index is 5.88. The first-order valence-electron chi connectivity index (χ1n) is 6.17. The standard InChI is InChI=1S/C13H15ClN4OS/c1-3-8-19-13-17-11(14)16-12(18-13)15-9-6-4-5-7-10(9)20-2/h4-7H,3,8H2,1-2H3,(H,15,16,17,18). The second-order valence-electron chi connectivity index (χ2n) is 3.88. The highest BCUT2D eigenvalue weighted by molar-refractivity contribution is 7.98. The second-order valence-corrected chi connectivity index (χ2v) is 5.07. The summed E-state index contributed by atoms with van der Waals surface area (Å²) < 4.78 is 5.38. The van der Waals surface area contributed by atoms with Gasteiger partial charge in [0.2, 0.25) is 11.2 Å². The molecule has 106 valence electrons. The van der Waals surface area contributed by atoms with Gasteiger partial charge < -0.3 is 10.1 Å². The van der Waals surface area contributed by atoms with Crippen LogP contribution in [0.1, 0.15) is 13.3 Å². The fourth-order valence-corrected chi connectivity index (χ4v) is 2.22. The number of hydrogen-bond donors (Lipinski definition) is 1. The molecule has 0 atom stereocenters. The Morgan fingerprint density at radius 1 is 1.25 bits per heavy atom. The van der Waals surface area contributed by atoms with Crippen molar-refractivity contribution in [3.63, 3.8) is 0 Å². The fraction of sp³-hybridized carbons (Fsp3) is 0.308. The van der Waals surface area contributed by atoms with E-state index in [4.69, 9.17) is 16.3 Å². The van der Waals surface area contributed by atoms with Crippen molar-refractivity contribution >= 4 is 35.0 Å². The predicted molar refractivity (Wildman–Crippen MR) is 82.1 cm³/mol. The van der Waals surface area contributed by atoms with Gasteiger partial charge in [-0.3, -0.25) is 0 Å². The van der Waals surface area contributed by atoms with Gasteiger partial charge in [-0.15, -0.1) is 11.8 Å². The highest BCUT2D eigenvalue weighted by atomic mass is 35.5. The van der Waals surface area contributed by atoms with Crippen LogP contribution in [0, 0.1) is 0 Å². The lowest BCUT2D eigenvalue weighted by Crippen LogP contribution is -2.05. The number of benzene rings is 1. The number of nitrogens with one attached hydrogen (secondary N) is 1. The maximum atomic E-state index is 5.88. The molecule has 5 nitrogen and oxygen atoms in total. The Labute approximate surface area is 127 Å². The minimum Gasteiger partial charge on any atom is -0.463 e. The van der Waals surface area contributed by atoms with Gasteiger partial charge in [0.15, 0.2) is 0 Å². The minimum absolute atomic E-state index is 0.107. The van der Waals surface area contributed by atoms with E-state index in [1.165, 1.54) is 0 Å². The van der Waals surface area contributed by atoms with Crippen LogP contribution < -0.4 is 10.1 Å². The van der Waals surface area contributed by atoms with Gasteiger partial charge in [-0.1, -0.05) is 19.1 Å². The molecule has 0 radical (unpaired) electrons. The molecular formula is C13H15ClN4OS. The predicted octanol–water partition coefficient (Wildman–Crippen LogP) is 3.78. The average Bonchev–Trinajstić information content (AvgIpc) is 2.45. The second kappa shape index (κ2) is 7.31. The third-order valence-electron chi connectivity index (χ3n) is 2.38. The Hall–Kier alpha value is -1.53. The van der Waals surface area contributed by atoms with Gasteiger partial charge in [-0.05, 0) is 36.4 Å². The van der Waals surface area contributed by atoms with E-state index in [2.05, 4.69) is 20.3 Å². The number of para-hydroxylation sites is 1. The van der Waals surface area contributed by atoms with Crippen LogP contribution in [0.25, 0.3) is 0 Å². The van der Waals surface area contributed by atoms with Crippen molar-refractivity contribution in [1.29, 1.82) is 0 Å². The normalized spacial score (nSPS) is 10.3. The SMILES string of the molecule is CCCOc1nc(Cl)nc(Nc2ccccc2SC)n1.